The average molecular weight is 369 g/mol. The summed E-state index contributed by atoms with van der Waals surface area (Å²) in [5.74, 6) is 0. The highest BCUT2D eigenvalue weighted by atomic mass is 35.5. The maximum absolute atomic E-state index is 2.78. The van der Waals surface area contributed by atoms with E-state index in [4.69, 9.17) is 0 Å². The number of benzene rings is 2. The summed E-state index contributed by atoms with van der Waals surface area (Å²) >= 11 is 0. The van der Waals surface area contributed by atoms with Crippen molar-refractivity contribution in [2.24, 2.45) is 0 Å². The van der Waals surface area contributed by atoms with Crippen LogP contribution in [0.2, 0.25) is 0 Å². The molecule has 1 atom stereocenters. The molecule has 2 heterocycles. The number of nitrogens with zero attached hydrogens (tertiary/aromatic N) is 2. The molecule has 0 aromatic heterocycles. The Labute approximate surface area is 163 Å². The minimum Gasteiger partial charge on any atom is -0.366 e. The van der Waals surface area contributed by atoms with Crippen LogP contribution in [-0.4, -0.2) is 36.1 Å². The van der Waals surface area contributed by atoms with Crippen LogP contribution in [-0.2, 0) is 12.8 Å². The first-order valence-corrected chi connectivity index (χ1v) is 9.89. The third-order valence-corrected chi connectivity index (χ3v) is 7.09. The molecule has 0 saturated carbocycles. The monoisotopic (exact) mass is 368 g/mol. The summed E-state index contributed by atoms with van der Waals surface area (Å²) in [6, 6.07) is 18.6. The van der Waals surface area contributed by atoms with Gasteiger partial charge in [0.1, 0.15) is 0 Å². The second-order valence-corrected chi connectivity index (χ2v) is 8.27. The quantitative estimate of drug-likeness (QED) is 0.762. The molecule has 2 fully saturated rings. The zero-order valence-electron chi connectivity index (χ0n) is 15.7. The van der Waals surface area contributed by atoms with E-state index in [9.17, 15) is 0 Å². The minimum atomic E-state index is 0. The summed E-state index contributed by atoms with van der Waals surface area (Å²) in [6.07, 6.45) is 6.55. The van der Waals surface area contributed by atoms with Gasteiger partial charge in [0.2, 0.25) is 0 Å². The molecule has 1 aliphatic carbocycles. The smallest absolute Gasteiger partial charge is 0.0443 e. The second-order valence-electron chi connectivity index (χ2n) is 8.27. The molecule has 3 aliphatic rings. The summed E-state index contributed by atoms with van der Waals surface area (Å²) in [4.78, 5) is 5.46. The van der Waals surface area contributed by atoms with Gasteiger partial charge in [-0.1, -0.05) is 36.4 Å². The Kier molecular flexibility index (Phi) is 4.75. The van der Waals surface area contributed by atoms with E-state index in [1.165, 1.54) is 63.0 Å². The van der Waals surface area contributed by atoms with Gasteiger partial charge in [0.05, 0.1) is 0 Å². The maximum atomic E-state index is 2.78. The summed E-state index contributed by atoms with van der Waals surface area (Å²) in [5, 5.41) is 0. The van der Waals surface area contributed by atoms with E-state index in [1.807, 2.05) is 0 Å². The Morgan fingerprint density at radius 1 is 0.846 bits per heavy atom. The van der Waals surface area contributed by atoms with E-state index in [0.717, 1.165) is 6.04 Å². The van der Waals surface area contributed by atoms with E-state index in [0.29, 0.717) is 5.54 Å². The summed E-state index contributed by atoms with van der Waals surface area (Å²) in [7, 11) is 0. The molecule has 0 bridgehead atoms. The molecular formula is C23H29ClN2. The van der Waals surface area contributed by atoms with Crippen molar-refractivity contribution in [2.75, 3.05) is 24.5 Å². The Morgan fingerprint density at radius 2 is 1.58 bits per heavy atom. The lowest BCUT2D eigenvalue weighted by Gasteiger charge is -2.58. The first kappa shape index (κ1) is 17.9. The van der Waals surface area contributed by atoms with Crippen molar-refractivity contribution in [3.8, 4) is 0 Å². The summed E-state index contributed by atoms with van der Waals surface area (Å²) in [5.41, 5.74) is 6.58. The van der Waals surface area contributed by atoms with Gasteiger partial charge < -0.3 is 4.90 Å². The molecule has 2 aliphatic heterocycles. The van der Waals surface area contributed by atoms with Gasteiger partial charge in [-0.05, 0) is 67.9 Å². The highest BCUT2D eigenvalue weighted by Crippen LogP contribution is 2.44. The number of fused-ring (bicyclic) bond motifs is 1. The Morgan fingerprint density at radius 3 is 2.23 bits per heavy atom. The number of anilines is 1. The lowest BCUT2D eigenvalue weighted by atomic mass is 9.75. The molecule has 0 radical (unpaired) electrons. The molecule has 5 rings (SSSR count). The number of hydrogen-bond donors (Lipinski definition) is 0. The van der Waals surface area contributed by atoms with Gasteiger partial charge in [-0.2, -0.15) is 0 Å². The minimum absolute atomic E-state index is 0. The average Bonchev–Trinajstić information content (AvgIpc) is 3.08. The first-order valence-electron chi connectivity index (χ1n) is 9.89. The van der Waals surface area contributed by atoms with Crippen molar-refractivity contribution in [2.45, 2.75) is 50.6 Å². The number of likely N-dealkylation sites (tertiary alicyclic amines) is 1. The van der Waals surface area contributed by atoms with E-state index < -0.39 is 0 Å². The molecule has 2 aromatic carbocycles. The van der Waals surface area contributed by atoms with Gasteiger partial charge in [-0.3, -0.25) is 4.90 Å². The molecule has 138 valence electrons. The molecule has 0 N–H and O–H groups in total. The van der Waals surface area contributed by atoms with Crippen molar-refractivity contribution in [3.63, 3.8) is 0 Å². The largest absolute Gasteiger partial charge is 0.366 e. The first-order chi connectivity index (χ1) is 12.3. The van der Waals surface area contributed by atoms with E-state index in [2.05, 4.69) is 65.3 Å². The molecule has 0 amide bonds. The Bertz CT molecular complexity index is 765. The van der Waals surface area contributed by atoms with Gasteiger partial charge in [-0.15, -0.1) is 12.4 Å². The van der Waals surface area contributed by atoms with Gasteiger partial charge in [-0.25, -0.2) is 0 Å². The van der Waals surface area contributed by atoms with Crippen LogP contribution in [0.25, 0.3) is 0 Å². The van der Waals surface area contributed by atoms with E-state index >= 15 is 0 Å². The van der Waals surface area contributed by atoms with E-state index in [1.54, 1.807) is 11.1 Å². The lowest BCUT2D eigenvalue weighted by Crippen LogP contribution is -2.65. The van der Waals surface area contributed by atoms with Crippen molar-refractivity contribution >= 4 is 18.1 Å². The number of aryl methyl sites for hydroxylation is 1. The Balaban J connectivity index is 0.00000168. The molecular weight excluding hydrogens is 340 g/mol. The predicted octanol–water partition coefficient (Wildman–Crippen LogP) is 4.63. The lowest BCUT2D eigenvalue weighted by molar-refractivity contribution is 0.0875. The zero-order chi connectivity index (χ0) is 16.9. The number of para-hydroxylation sites is 1. The topological polar surface area (TPSA) is 6.48 Å². The normalized spacial score (nSPS) is 24.0. The third kappa shape index (κ3) is 2.84. The molecule has 3 heteroatoms. The van der Waals surface area contributed by atoms with E-state index in [-0.39, 0.29) is 12.4 Å². The number of halogens is 1. The predicted molar refractivity (Wildman–Crippen MR) is 112 cm³/mol. The standard InChI is InChI=1S/C23H28N2.ClH/c1-18-6-5-7-19-16-21(17-22(18)19)24-13-10-23(11-14-24)12-15-25(23)20-8-3-2-4-9-20;/h2-9,21H,10-17H2,1H3;1H. The maximum Gasteiger partial charge on any atom is 0.0443 e. The van der Waals surface area contributed by atoms with Crippen molar-refractivity contribution < 1.29 is 0 Å². The Hall–Kier alpha value is -1.51. The second kappa shape index (κ2) is 6.90. The van der Waals surface area contributed by atoms with Crippen LogP contribution in [0, 0.1) is 6.92 Å². The fourth-order valence-corrected chi connectivity index (χ4v) is 5.44. The molecule has 1 spiro atoms. The van der Waals surface area contributed by atoms with Gasteiger partial charge in [0.15, 0.2) is 0 Å². The van der Waals surface area contributed by atoms with Gasteiger partial charge >= 0.3 is 0 Å². The van der Waals surface area contributed by atoms with Crippen molar-refractivity contribution in [1.82, 2.24) is 4.90 Å². The van der Waals surface area contributed by atoms with Crippen LogP contribution >= 0.6 is 12.4 Å². The molecule has 26 heavy (non-hydrogen) atoms. The van der Waals surface area contributed by atoms with Crippen LogP contribution in [0.15, 0.2) is 48.5 Å². The highest BCUT2D eigenvalue weighted by molar-refractivity contribution is 5.85. The van der Waals surface area contributed by atoms with Crippen LogP contribution < -0.4 is 4.90 Å². The molecule has 1 unspecified atom stereocenters. The van der Waals surface area contributed by atoms with Crippen LogP contribution in [0.3, 0.4) is 0 Å². The van der Waals surface area contributed by atoms with Gasteiger partial charge in [0.25, 0.3) is 0 Å². The van der Waals surface area contributed by atoms with Crippen LogP contribution in [0.1, 0.15) is 36.0 Å². The van der Waals surface area contributed by atoms with Crippen molar-refractivity contribution in [3.05, 3.63) is 65.2 Å². The van der Waals surface area contributed by atoms with Crippen molar-refractivity contribution in [1.29, 1.82) is 0 Å². The van der Waals surface area contributed by atoms with Gasteiger partial charge in [0, 0.05) is 36.9 Å². The number of rotatable bonds is 2. The fourth-order valence-electron chi connectivity index (χ4n) is 5.44. The van der Waals surface area contributed by atoms with Crippen LogP contribution in [0.5, 0.6) is 0 Å². The summed E-state index contributed by atoms with van der Waals surface area (Å²) < 4.78 is 0. The summed E-state index contributed by atoms with van der Waals surface area (Å²) in [6.45, 7) is 6.04. The molecule has 2 saturated heterocycles. The highest BCUT2D eigenvalue weighted by Gasteiger charge is 2.47. The fraction of sp³-hybridized carbons (Fsp3) is 0.478. The number of hydrogen-bond acceptors (Lipinski definition) is 2. The molecule has 2 aromatic rings. The van der Waals surface area contributed by atoms with Crippen LogP contribution in [0.4, 0.5) is 5.69 Å². The zero-order valence-corrected chi connectivity index (χ0v) is 16.5. The number of piperidine rings is 1. The SMILES string of the molecule is Cc1cccc2c1CC(N1CCC3(CC1)CCN3c1ccccc1)C2.Cl. The molecule has 2 nitrogen and oxygen atoms in total. The third-order valence-electron chi connectivity index (χ3n) is 7.09.